The SMILES string of the molecule is Cc1c(N)cncc1-c1cc2cc(Nc3cc4n(n3)Cc3ncc(C)n3CC4)ncc2cc1F. The minimum absolute atomic E-state index is 0.336. The van der Waals surface area contributed by atoms with Crippen molar-refractivity contribution in [1.82, 2.24) is 29.3 Å². The fraction of sp³-hybridized carbons (Fsp3) is 0.200. The van der Waals surface area contributed by atoms with Crippen LogP contribution in [0.3, 0.4) is 0 Å². The first-order valence-electron chi connectivity index (χ1n) is 11.1. The molecule has 3 N–H and O–H groups in total. The van der Waals surface area contributed by atoms with Crippen LogP contribution in [0.4, 0.5) is 21.7 Å². The highest BCUT2D eigenvalue weighted by molar-refractivity contribution is 5.90. The number of nitrogens with one attached hydrogen (secondary N) is 1. The summed E-state index contributed by atoms with van der Waals surface area (Å²) in [6, 6.07) is 7.25. The molecule has 0 saturated heterocycles. The molecular weight excluding hydrogens is 431 g/mol. The van der Waals surface area contributed by atoms with Crippen LogP contribution in [0.2, 0.25) is 0 Å². The molecule has 0 bridgehead atoms. The van der Waals surface area contributed by atoms with Gasteiger partial charge < -0.3 is 15.6 Å². The van der Waals surface area contributed by atoms with Crippen LogP contribution in [0.5, 0.6) is 0 Å². The smallest absolute Gasteiger partial charge is 0.153 e. The van der Waals surface area contributed by atoms with E-state index in [1.54, 1.807) is 18.6 Å². The average Bonchev–Trinajstić information content (AvgIpc) is 3.31. The van der Waals surface area contributed by atoms with Gasteiger partial charge in [-0.1, -0.05) is 0 Å². The summed E-state index contributed by atoms with van der Waals surface area (Å²) in [5, 5.41) is 9.59. The molecule has 170 valence electrons. The number of imidazole rings is 1. The van der Waals surface area contributed by atoms with Gasteiger partial charge in [0.2, 0.25) is 0 Å². The normalized spacial score (nSPS) is 12.9. The number of anilines is 3. The molecule has 0 radical (unpaired) electrons. The number of hydrogen-bond donors (Lipinski definition) is 2. The molecule has 0 atom stereocenters. The zero-order valence-corrected chi connectivity index (χ0v) is 18.9. The van der Waals surface area contributed by atoms with Crippen molar-refractivity contribution >= 4 is 28.1 Å². The van der Waals surface area contributed by atoms with E-state index in [0.717, 1.165) is 41.3 Å². The van der Waals surface area contributed by atoms with Crippen LogP contribution < -0.4 is 11.1 Å². The Kier molecular flexibility index (Phi) is 4.58. The number of halogens is 1. The van der Waals surface area contributed by atoms with Crippen LogP contribution in [0.25, 0.3) is 21.9 Å². The quantitative estimate of drug-likeness (QED) is 0.420. The van der Waals surface area contributed by atoms with E-state index in [4.69, 9.17) is 10.8 Å². The molecule has 5 aromatic rings. The third-order valence-electron chi connectivity index (χ3n) is 6.49. The summed E-state index contributed by atoms with van der Waals surface area (Å²) in [4.78, 5) is 13.1. The van der Waals surface area contributed by atoms with Gasteiger partial charge in [-0.2, -0.15) is 5.10 Å². The predicted octanol–water partition coefficient (Wildman–Crippen LogP) is 4.38. The Morgan fingerprint density at radius 2 is 1.82 bits per heavy atom. The van der Waals surface area contributed by atoms with Crippen molar-refractivity contribution < 1.29 is 4.39 Å². The Balaban J connectivity index is 1.32. The maximum atomic E-state index is 14.9. The average molecular weight is 455 g/mol. The molecule has 8 nitrogen and oxygen atoms in total. The zero-order chi connectivity index (χ0) is 23.4. The zero-order valence-electron chi connectivity index (χ0n) is 18.9. The Morgan fingerprint density at radius 1 is 0.941 bits per heavy atom. The largest absolute Gasteiger partial charge is 0.397 e. The molecular formula is C25H23FN8. The molecule has 1 aliphatic heterocycles. The number of nitrogens with two attached hydrogens (primary N) is 1. The highest BCUT2D eigenvalue weighted by Gasteiger charge is 2.18. The van der Waals surface area contributed by atoms with E-state index in [-0.39, 0.29) is 5.82 Å². The summed E-state index contributed by atoms with van der Waals surface area (Å²) in [5.41, 5.74) is 10.8. The maximum Gasteiger partial charge on any atom is 0.153 e. The highest BCUT2D eigenvalue weighted by Crippen LogP contribution is 2.32. The molecule has 0 saturated carbocycles. The first-order valence-corrected chi connectivity index (χ1v) is 11.1. The third kappa shape index (κ3) is 3.37. The number of nitrogens with zero attached hydrogens (tertiary/aromatic N) is 6. The molecule has 5 heterocycles. The predicted molar refractivity (Wildman–Crippen MR) is 129 cm³/mol. The van der Waals surface area contributed by atoms with E-state index in [2.05, 4.69) is 31.8 Å². The topological polar surface area (TPSA) is 99.5 Å². The number of pyridine rings is 2. The number of hydrogen-bond acceptors (Lipinski definition) is 6. The molecule has 1 aromatic carbocycles. The standard InChI is InChI=1S/C25H23FN8/c1-14-9-30-25-13-34-18(3-4-33(14)25)8-24(32-34)31-23-7-16-5-19(21(26)6-17(16)10-29-23)20-11-28-12-22(27)15(20)2/h5-12H,3-4,13,27H2,1-2H3,(H,29,31,32). The van der Waals surface area contributed by atoms with Crippen LogP contribution in [0.15, 0.2) is 49.1 Å². The van der Waals surface area contributed by atoms with Crippen molar-refractivity contribution in [3.8, 4) is 11.1 Å². The third-order valence-corrected chi connectivity index (χ3v) is 6.49. The molecule has 4 aromatic heterocycles. The van der Waals surface area contributed by atoms with Gasteiger partial charge in [0.05, 0.1) is 18.4 Å². The van der Waals surface area contributed by atoms with Crippen LogP contribution >= 0.6 is 0 Å². The number of aromatic nitrogens is 6. The Labute approximate surface area is 195 Å². The first-order chi connectivity index (χ1) is 16.5. The second-order valence-corrected chi connectivity index (χ2v) is 8.67. The number of fused-ring (bicyclic) bond motifs is 3. The Hall–Kier alpha value is -4.27. The van der Waals surface area contributed by atoms with Crippen LogP contribution in [-0.2, 0) is 19.5 Å². The highest BCUT2D eigenvalue weighted by atomic mass is 19.1. The summed E-state index contributed by atoms with van der Waals surface area (Å²) >= 11 is 0. The molecule has 0 unspecified atom stereocenters. The first kappa shape index (κ1) is 20.3. The monoisotopic (exact) mass is 454 g/mol. The fourth-order valence-electron chi connectivity index (χ4n) is 4.54. The van der Waals surface area contributed by atoms with E-state index in [0.29, 0.717) is 34.6 Å². The van der Waals surface area contributed by atoms with Gasteiger partial charge in [-0.05, 0) is 43.0 Å². The molecule has 0 fully saturated rings. The summed E-state index contributed by atoms with van der Waals surface area (Å²) in [6.45, 7) is 5.45. The van der Waals surface area contributed by atoms with Gasteiger partial charge in [-0.25, -0.2) is 14.4 Å². The molecule has 1 aliphatic rings. The minimum Gasteiger partial charge on any atom is -0.397 e. The van der Waals surface area contributed by atoms with Crippen molar-refractivity contribution in [1.29, 1.82) is 0 Å². The molecule has 0 spiro atoms. The summed E-state index contributed by atoms with van der Waals surface area (Å²) < 4.78 is 19.1. The van der Waals surface area contributed by atoms with E-state index in [1.165, 1.54) is 11.8 Å². The van der Waals surface area contributed by atoms with Gasteiger partial charge in [0.1, 0.15) is 17.5 Å². The number of rotatable bonds is 3. The van der Waals surface area contributed by atoms with Gasteiger partial charge in [0.25, 0.3) is 0 Å². The Morgan fingerprint density at radius 3 is 2.71 bits per heavy atom. The van der Waals surface area contributed by atoms with Crippen LogP contribution in [-0.4, -0.2) is 29.3 Å². The molecule has 9 heteroatoms. The van der Waals surface area contributed by atoms with Gasteiger partial charge in [0, 0.05) is 65.5 Å². The number of aryl methyl sites for hydroxylation is 2. The van der Waals surface area contributed by atoms with Crippen molar-refractivity contribution in [2.45, 2.75) is 33.4 Å². The lowest BCUT2D eigenvalue weighted by Crippen LogP contribution is -2.07. The van der Waals surface area contributed by atoms with E-state index in [1.807, 2.05) is 36.0 Å². The number of benzene rings is 1. The van der Waals surface area contributed by atoms with Crippen LogP contribution in [0.1, 0.15) is 22.8 Å². The van der Waals surface area contributed by atoms with Gasteiger partial charge in [0.15, 0.2) is 5.82 Å². The van der Waals surface area contributed by atoms with E-state index in [9.17, 15) is 4.39 Å². The van der Waals surface area contributed by atoms with Crippen molar-refractivity contribution in [3.63, 3.8) is 0 Å². The lowest BCUT2D eigenvalue weighted by molar-refractivity contribution is 0.633. The summed E-state index contributed by atoms with van der Waals surface area (Å²) in [5.74, 6) is 2.03. The molecule has 0 aliphatic carbocycles. The molecule has 6 rings (SSSR count). The van der Waals surface area contributed by atoms with Gasteiger partial charge >= 0.3 is 0 Å². The fourth-order valence-corrected chi connectivity index (χ4v) is 4.54. The molecule has 0 amide bonds. The van der Waals surface area contributed by atoms with E-state index >= 15 is 0 Å². The lowest BCUT2D eigenvalue weighted by atomic mass is 9.99. The van der Waals surface area contributed by atoms with E-state index < -0.39 is 0 Å². The molecule has 34 heavy (non-hydrogen) atoms. The number of nitrogen functional groups attached to an aromatic ring is 1. The van der Waals surface area contributed by atoms with Gasteiger partial charge in [-0.15, -0.1) is 0 Å². The van der Waals surface area contributed by atoms with Crippen molar-refractivity contribution in [2.75, 3.05) is 11.1 Å². The van der Waals surface area contributed by atoms with Crippen molar-refractivity contribution in [3.05, 3.63) is 77.6 Å². The summed E-state index contributed by atoms with van der Waals surface area (Å²) in [6.07, 6.45) is 7.65. The minimum atomic E-state index is -0.336. The maximum absolute atomic E-state index is 14.9. The van der Waals surface area contributed by atoms with Crippen molar-refractivity contribution in [2.24, 2.45) is 0 Å². The van der Waals surface area contributed by atoms with Gasteiger partial charge in [-0.3, -0.25) is 9.67 Å². The second kappa shape index (κ2) is 7.65. The lowest BCUT2D eigenvalue weighted by Gasteiger charge is -2.11. The van der Waals surface area contributed by atoms with Crippen LogP contribution in [0, 0.1) is 19.7 Å². The summed E-state index contributed by atoms with van der Waals surface area (Å²) in [7, 11) is 0. The Bertz CT molecular complexity index is 1570. The second-order valence-electron chi connectivity index (χ2n) is 8.67.